The molecule has 146 valence electrons. The topological polar surface area (TPSA) is 133 Å². The molecular formula is C17H21ClN4O5. The average Bonchev–Trinajstić information content (AvgIpc) is 3.08. The van der Waals surface area contributed by atoms with Gasteiger partial charge < -0.3 is 15.1 Å². The van der Waals surface area contributed by atoms with Gasteiger partial charge >= 0.3 is 6.09 Å². The summed E-state index contributed by atoms with van der Waals surface area (Å²) in [6, 6.07) is 3.27. The number of halogens is 1. The molecule has 3 rings (SSSR count). The summed E-state index contributed by atoms with van der Waals surface area (Å²) in [6.07, 6.45) is -0.703. The van der Waals surface area contributed by atoms with Gasteiger partial charge in [0.2, 0.25) is 5.54 Å². The predicted octanol–water partition coefficient (Wildman–Crippen LogP) is 3.07. The highest BCUT2D eigenvalue weighted by Gasteiger charge is 2.61. The molecule has 1 saturated heterocycles. The van der Waals surface area contributed by atoms with Gasteiger partial charge in [-0.1, -0.05) is 25.4 Å². The molecule has 0 bridgehead atoms. The number of aromatic amines is 1. The Morgan fingerprint density at radius 3 is 2.63 bits per heavy atom. The maximum Gasteiger partial charge on any atom is 0.407 e. The summed E-state index contributed by atoms with van der Waals surface area (Å²) in [5, 5.41) is 40.3. The number of hydrogen-bond acceptors (Lipinski definition) is 5. The van der Waals surface area contributed by atoms with Gasteiger partial charge in [0.25, 0.3) is 0 Å². The van der Waals surface area contributed by atoms with Crippen molar-refractivity contribution in [3.8, 4) is 0 Å². The van der Waals surface area contributed by atoms with E-state index in [9.17, 15) is 20.0 Å². The van der Waals surface area contributed by atoms with E-state index in [1.165, 1.54) is 0 Å². The van der Waals surface area contributed by atoms with E-state index in [-0.39, 0.29) is 30.9 Å². The third kappa shape index (κ3) is 3.00. The number of hydrogen-bond donors (Lipinski definition) is 3. The standard InChI is InChI=1S/C17H21ClN4O5/c1-16(2,17(22(26)27)3-5-21(6-4-17)15(24)25)14(23)12-8-11(18)7-10-9-19-20-13(10)12/h7-9,14,23H,3-6H2,1-2H3,(H,19,20)(H,24,25). The van der Waals surface area contributed by atoms with E-state index in [1.807, 2.05) is 0 Å². The minimum atomic E-state index is -1.48. The third-order valence-electron chi connectivity index (χ3n) is 5.93. The molecule has 0 saturated carbocycles. The highest BCUT2D eigenvalue weighted by atomic mass is 35.5. The SMILES string of the molecule is CC(C)(C(O)c1cc(Cl)cc2cn[nH]c12)C1([N+](=O)[O-])CCN(C(=O)O)CC1. The normalized spacial score (nSPS) is 18.4. The van der Waals surface area contributed by atoms with Crippen molar-refractivity contribution in [2.75, 3.05) is 13.1 Å². The molecule has 1 unspecified atom stereocenters. The lowest BCUT2D eigenvalue weighted by atomic mass is 9.63. The number of carboxylic acid groups (broad SMARTS) is 1. The van der Waals surface area contributed by atoms with Crippen LogP contribution in [-0.4, -0.2) is 55.0 Å². The molecule has 1 atom stereocenters. The van der Waals surface area contributed by atoms with Crippen LogP contribution < -0.4 is 0 Å². The summed E-state index contributed by atoms with van der Waals surface area (Å²) in [5.74, 6) is 0. The fourth-order valence-electron chi connectivity index (χ4n) is 4.04. The Hall–Kier alpha value is -2.39. The van der Waals surface area contributed by atoms with Crippen LogP contribution in [-0.2, 0) is 0 Å². The Labute approximate surface area is 160 Å². The average molecular weight is 397 g/mol. The number of rotatable bonds is 4. The van der Waals surface area contributed by atoms with Crippen molar-refractivity contribution in [1.82, 2.24) is 15.1 Å². The van der Waals surface area contributed by atoms with Gasteiger partial charge in [-0.25, -0.2) is 4.79 Å². The molecule has 27 heavy (non-hydrogen) atoms. The first-order valence-electron chi connectivity index (χ1n) is 8.53. The maximum atomic E-state index is 12.1. The number of aliphatic hydroxyl groups excluding tert-OH is 1. The summed E-state index contributed by atoms with van der Waals surface area (Å²) >= 11 is 6.15. The van der Waals surface area contributed by atoms with Crippen LogP contribution in [0.5, 0.6) is 0 Å². The van der Waals surface area contributed by atoms with Gasteiger partial charge in [0.1, 0.15) is 0 Å². The maximum absolute atomic E-state index is 12.1. The van der Waals surface area contributed by atoms with E-state index in [2.05, 4.69) is 10.2 Å². The number of nitrogens with zero attached hydrogens (tertiary/aromatic N) is 3. The second kappa shape index (κ2) is 6.65. The third-order valence-corrected chi connectivity index (χ3v) is 6.15. The monoisotopic (exact) mass is 396 g/mol. The molecule has 10 heteroatoms. The van der Waals surface area contributed by atoms with Gasteiger partial charge in [-0.15, -0.1) is 0 Å². The Bertz CT molecular complexity index is 889. The largest absolute Gasteiger partial charge is 0.465 e. The van der Waals surface area contributed by atoms with E-state index < -0.39 is 23.2 Å². The van der Waals surface area contributed by atoms with Gasteiger partial charge in [0.05, 0.1) is 23.2 Å². The van der Waals surface area contributed by atoms with Crippen LogP contribution in [0, 0.1) is 15.5 Å². The molecule has 0 aliphatic carbocycles. The molecule has 3 N–H and O–H groups in total. The summed E-state index contributed by atoms with van der Waals surface area (Å²) in [4.78, 5) is 24.1. The number of likely N-dealkylation sites (tertiary alicyclic amines) is 1. The Morgan fingerprint density at radius 2 is 2.07 bits per heavy atom. The van der Waals surface area contributed by atoms with E-state index in [1.54, 1.807) is 32.2 Å². The lowest BCUT2D eigenvalue weighted by Crippen LogP contribution is -2.60. The number of H-pyrrole nitrogens is 1. The fraction of sp³-hybridized carbons (Fsp3) is 0.529. The first-order chi connectivity index (χ1) is 12.6. The van der Waals surface area contributed by atoms with Crippen LogP contribution in [0.4, 0.5) is 4.79 Å². The zero-order valence-corrected chi connectivity index (χ0v) is 15.7. The van der Waals surface area contributed by atoms with Crippen LogP contribution in [0.3, 0.4) is 0 Å². The van der Waals surface area contributed by atoms with Gasteiger partial charge in [0.15, 0.2) is 0 Å². The molecule has 1 fully saturated rings. The predicted molar refractivity (Wildman–Crippen MR) is 98.4 cm³/mol. The Balaban J connectivity index is 2.03. The molecule has 1 amide bonds. The minimum Gasteiger partial charge on any atom is -0.465 e. The summed E-state index contributed by atoms with van der Waals surface area (Å²) in [6.45, 7) is 3.36. The van der Waals surface area contributed by atoms with Gasteiger partial charge in [0, 0.05) is 46.8 Å². The smallest absolute Gasteiger partial charge is 0.407 e. The minimum absolute atomic E-state index is 0.0169. The molecular weight excluding hydrogens is 376 g/mol. The van der Waals surface area contributed by atoms with E-state index >= 15 is 0 Å². The highest BCUT2D eigenvalue weighted by molar-refractivity contribution is 6.31. The van der Waals surface area contributed by atoms with Crippen molar-refractivity contribution in [2.24, 2.45) is 5.41 Å². The van der Waals surface area contributed by atoms with Crippen molar-refractivity contribution in [1.29, 1.82) is 0 Å². The number of fused-ring (bicyclic) bond motifs is 1. The number of aliphatic hydroxyl groups is 1. The summed E-state index contributed by atoms with van der Waals surface area (Å²) in [5.41, 5.74) is -1.67. The quantitative estimate of drug-likeness (QED) is 0.537. The Morgan fingerprint density at radius 1 is 1.44 bits per heavy atom. The van der Waals surface area contributed by atoms with Crippen LogP contribution in [0.25, 0.3) is 10.9 Å². The number of piperidine rings is 1. The molecule has 2 aromatic rings. The van der Waals surface area contributed by atoms with Crippen molar-refractivity contribution in [3.63, 3.8) is 0 Å². The van der Waals surface area contributed by atoms with Crippen LogP contribution >= 0.6 is 11.6 Å². The number of benzene rings is 1. The fourth-order valence-corrected chi connectivity index (χ4v) is 4.27. The number of aromatic nitrogens is 2. The molecule has 0 radical (unpaired) electrons. The van der Waals surface area contributed by atoms with Crippen LogP contribution in [0.2, 0.25) is 5.02 Å². The van der Waals surface area contributed by atoms with E-state index in [4.69, 9.17) is 16.7 Å². The highest BCUT2D eigenvalue weighted by Crippen LogP contribution is 2.50. The Kier molecular flexibility index (Phi) is 4.77. The molecule has 0 spiro atoms. The van der Waals surface area contributed by atoms with Crippen molar-refractivity contribution < 1.29 is 19.9 Å². The molecule has 1 aliphatic heterocycles. The van der Waals surface area contributed by atoms with Crippen LogP contribution in [0.1, 0.15) is 38.4 Å². The first kappa shape index (κ1) is 19.4. The molecule has 1 aromatic carbocycles. The van der Waals surface area contributed by atoms with Gasteiger partial charge in [-0.2, -0.15) is 5.10 Å². The molecule has 2 heterocycles. The van der Waals surface area contributed by atoms with E-state index in [0.29, 0.717) is 21.5 Å². The van der Waals surface area contributed by atoms with Crippen molar-refractivity contribution >= 4 is 28.6 Å². The van der Waals surface area contributed by atoms with Gasteiger partial charge in [-0.3, -0.25) is 15.2 Å². The molecule has 1 aromatic heterocycles. The summed E-state index contributed by atoms with van der Waals surface area (Å²) < 4.78 is 0. The second-order valence-corrected chi connectivity index (χ2v) is 7.95. The van der Waals surface area contributed by atoms with Crippen molar-refractivity contribution in [3.05, 3.63) is 39.0 Å². The second-order valence-electron chi connectivity index (χ2n) is 7.51. The number of amides is 1. The van der Waals surface area contributed by atoms with Crippen molar-refractivity contribution in [2.45, 2.75) is 38.3 Å². The number of nitrogens with one attached hydrogen (secondary N) is 1. The number of carbonyl (C=O) groups is 1. The van der Waals surface area contributed by atoms with Crippen LogP contribution in [0.15, 0.2) is 18.3 Å². The number of nitro groups is 1. The first-order valence-corrected chi connectivity index (χ1v) is 8.91. The lowest BCUT2D eigenvalue weighted by Gasteiger charge is -2.46. The zero-order chi connectivity index (χ0) is 20.0. The summed E-state index contributed by atoms with van der Waals surface area (Å²) in [7, 11) is 0. The zero-order valence-electron chi connectivity index (χ0n) is 15.0. The van der Waals surface area contributed by atoms with Gasteiger partial charge in [-0.05, 0) is 12.1 Å². The molecule has 1 aliphatic rings. The van der Waals surface area contributed by atoms with E-state index in [0.717, 1.165) is 4.90 Å². The molecule has 9 nitrogen and oxygen atoms in total. The lowest BCUT2D eigenvalue weighted by molar-refractivity contribution is -0.599.